The highest BCUT2D eigenvalue weighted by Crippen LogP contribution is 2.44. The molecular weight excluding hydrogens is 347 g/mol. The molecule has 1 nitrogen and oxygen atoms in total. The third-order valence-corrected chi connectivity index (χ3v) is 7.16. The van der Waals surface area contributed by atoms with Crippen LogP contribution in [0.4, 0.5) is 4.39 Å². The maximum Gasteiger partial charge on any atom is 0.142 e. The van der Waals surface area contributed by atoms with Gasteiger partial charge in [-0.2, -0.15) is 0 Å². The molecule has 0 aliphatic heterocycles. The fraction of sp³-hybridized carbons (Fsp3) is 0.739. The topological polar surface area (TPSA) is 9.23 Å². The molecule has 0 heterocycles. The Bertz CT molecular complexity index is 545. The number of halogens is 2. The van der Waals surface area contributed by atoms with Gasteiger partial charge in [-0.3, -0.25) is 0 Å². The summed E-state index contributed by atoms with van der Waals surface area (Å²) in [5, 5.41) is 0.237. The van der Waals surface area contributed by atoms with Gasteiger partial charge in [-0.05, 0) is 99.7 Å². The van der Waals surface area contributed by atoms with Crippen molar-refractivity contribution in [2.45, 2.75) is 77.0 Å². The lowest BCUT2D eigenvalue weighted by atomic mass is 9.68. The summed E-state index contributed by atoms with van der Waals surface area (Å²) in [7, 11) is 0. The summed E-state index contributed by atoms with van der Waals surface area (Å²) in [6.07, 6.45) is 13.3. The molecule has 26 heavy (non-hydrogen) atoms. The highest BCUT2D eigenvalue weighted by atomic mass is 35.5. The maximum atomic E-state index is 13.7. The van der Waals surface area contributed by atoms with E-state index in [1.54, 1.807) is 12.1 Å². The van der Waals surface area contributed by atoms with Crippen LogP contribution in [-0.4, -0.2) is 13.2 Å². The minimum Gasteiger partial charge on any atom is -0.382 e. The van der Waals surface area contributed by atoms with E-state index < -0.39 is 0 Å². The second kappa shape index (κ2) is 10.1. The zero-order valence-electron chi connectivity index (χ0n) is 16.2. The highest BCUT2D eigenvalue weighted by molar-refractivity contribution is 6.30. The van der Waals surface area contributed by atoms with Crippen molar-refractivity contribution in [3.05, 3.63) is 34.6 Å². The molecule has 3 rings (SSSR count). The molecule has 2 aliphatic rings. The molecule has 0 amide bonds. The van der Waals surface area contributed by atoms with E-state index in [0.717, 1.165) is 36.5 Å². The van der Waals surface area contributed by atoms with Crippen molar-refractivity contribution in [2.75, 3.05) is 13.2 Å². The fourth-order valence-corrected chi connectivity index (χ4v) is 5.37. The van der Waals surface area contributed by atoms with Gasteiger partial charge in [0.1, 0.15) is 5.82 Å². The molecule has 0 bridgehead atoms. The maximum absolute atomic E-state index is 13.7. The Hall–Kier alpha value is -0.600. The van der Waals surface area contributed by atoms with E-state index >= 15 is 0 Å². The Kier molecular flexibility index (Phi) is 7.81. The van der Waals surface area contributed by atoms with Gasteiger partial charge in [0.25, 0.3) is 0 Å². The Morgan fingerprint density at radius 3 is 2.27 bits per heavy atom. The van der Waals surface area contributed by atoms with Gasteiger partial charge in [-0.25, -0.2) is 4.39 Å². The van der Waals surface area contributed by atoms with Crippen LogP contribution in [0.1, 0.15) is 82.6 Å². The molecule has 1 aromatic rings. The lowest BCUT2D eigenvalue weighted by Gasteiger charge is -2.38. The molecule has 0 N–H and O–H groups in total. The second-order valence-electron chi connectivity index (χ2n) is 8.41. The van der Waals surface area contributed by atoms with Crippen LogP contribution in [-0.2, 0) is 4.74 Å². The monoisotopic (exact) mass is 380 g/mol. The summed E-state index contributed by atoms with van der Waals surface area (Å²) in [6, 6.07) is 5.38. The van der Waals surface area contributed by atoms with Crippen LogP contribution in [0.15, 0.2) is 18.2 Å². The smallest absolute Gasteiger partial charge is 0.142 e. The second-order valence-corrected chi connectivity index (χ2v) is 8.81. The normalized spacial score (nSPS) is 29.7. The lowest BCUT2D eigenvalue weighted by molar-refractivity contribution is 0.125. The largest absolute Gasteiger partial charge is 0.382 e. The first-order chi connectivity index (χ1) is 12.7. The summed E-state index contributed by atoms with van der Waals surface area (Å²) in [5.41, 5.74) is 1.14. The Labute approximate surface area is 163 Å². The van der Waals surface area contributed by atoms with Crippen molar-refractivity contribution in [2.24, 2.45) is 17.8 Å². The molecule has 0 saturated heterocycles. The van der Waals surface area contributed by atoms with Crippen molar-refractivity contribution in [3.63, 3.8) is 0 Å². The van der Waals surface area contributed by atoms with E-state index in [4.69, 9.17) is 16.3 Å². The van der Waals surface area contributed by atoms with Gasteiger partial charge in [-0.15, -0.1) is 0 Å². The predicted octanol–water partition coefficient (Wildman–Crippen LogP) is 7.38. The molecule has 2 aliphatic carbocycles. The molecule has 0 atom stereocenters. The van der Waals surface area contributed by atoms with Gasteiger partial charge in [-0.1, -0.05) is 30.5 Å². The molecular formula is C23H34ClFO. The van der Waals surface area contributed by atoms with Gasteiger partial charge < -0.3 is 4.74 Å². The number of hydrogen-bond acceptors (Lipinski definition) is 1. The van der Waals surface area contributed by atoms with E-state index in [1.807, 2.05) is 6.07 Å². The van der Waals surface area contributed by atoms with Gasteiger partial charge in [0.05, 0.1) is 5.02 Å². The Morgan fingerprint density at radius 1 is 1.00 bits per heavy atom. The summed E-state index contributed by atoms with van der Waals surface area (Å²) in [5.74, 6) is 3.01. The molecule has 2 fully saturated rings. The zero-order valence-corrected chi connectivity index (χ0v) is 16.9. The number of benzene rings is 1. The molecule has 0 unspecified atom stereocenters. The number of rotatable bonds is 7. The van der Waals surface area contributed by atoms with E-state index in [1.165, 1.54) is 64.2 Å². The first-order valence-electron chi connectivity index (χ1n) is 10.7. The zero-order chi connectivity index (χ0) is 18.4. The van der Waals surface area contributed by atoms with Crippen molar-refractivity contribution < 1.29 is 9.13 Å². The minimum atomic E-state index is -0.269. The average molecular weight is 381 g/mol. The summed E-state index contributed by atoms with van der Waals surface area (Å²) < 4.78 is 19.2. The first kappa shape index (κ1) is 20.1. The lowest BCUT2D eigenvalue weighted by Crippen LogP contribution is -2.25. The third kappa shape index (κ3) is 5.45. The molecule has 2 saturated carbocycles. The van der Waals surface area contributed by atoms with Gasteiger partial charge in [0, 0.05) is 13.2 Å². The average Bonchev–Trinajstić information content (AvgIpc) is 2.68. The summed E-state index contributed by atoms with van der Waals surface area (Å²) in [4.78, 5) is 0. The molecule has 0 spiro atoms. The molecule has 0 radical (unpaired) electrons. The molecule has 0 aromatic heterocycles. The molecule has 3 heteroatoms. The fourth-order valence-electron chi connectivity index (χ4n) is 5.26. The standard InChI is InChI=1S/C23H34ClFO/c1-2-26-15-3-4-17-5-7-18(8-6-17)19-9-11-20(12-10-19)21-13-14-22(24)23(25)16-21/h13-14,16-20H,2-12,15H2,1H3/t17-,18-,19-,20-. The van der Waals surface area contributed by atoms with Gasteiger partial charge in [0.2, 0.25) is 0 Å². The minimum absolute atomic E-state index is 0.237. The van der Waals surface area contributed by atoms with Crippen molar-refractivity contribution in [1.29, 1.82) is 0 Å². The van der Waals surface area contributed by atoms with Crippen LogP contribution in [0.5, 0.6) is 0 Å². The van der Waals surface area contributed by atoms with Gasteiger partial charge >= 0.3 is 0 Å². The van der Waals surface area contributed by atoms with Gasteiger partial charge in [0.15, 0.2) is 0 Å². The van der Waals surface area contributed by atoms with Crippen molar-refractivity contribution in [3.8, 4) is 0 Å². The predicted molar refractivity (Wildman–Crippen MR) is 107 cm³/mol. The van der Waals surface area contributed by atoms with Crippen molar-refractivity contribution in [1.82, 2.24) is 0 Å². The quantitative estimate of drug-likeness (QED) is 0.448. The highest BCUT2D eigenvalue weighted by Gasteiger charge is 2.31. The Balaban J connectivity index is 1.39. The van der Waals surface area contributed by atoms with E-state index in [-0.39, 0.29) is 10.8 Å². The summed E-state index contributed by atoms with van der Waals surface area (Å²) in [6.45, 7) is 3.85. The van der Waals surface area contributed by atoms with Crippen LogP contribution in [0.25, 0.3) is 0 Å². The number of hydrogen-bond donors (Lipinski definition) is 0. The molecule has 1 aromatic carbocycles. The Morgan fingerprint density at radius 2 is 1.65 bits per heavy atom. The number of ether oxygens (including phenoxy) is 1. The van der Waals surface area contributed by atoms with Crippen LogP contribution in [0, 0.1) is 23.6 Å². The van der Waals surface area contributed by atoms with Crippen LogP contribution in [0.3, 0.4) is 0 Å². The summed E-state index contributed by atoms with van der Waals surface area (Å²) >= 11 is 5.82. The van der Waals surface area contributed by atoms with Crippen molar-refractivity contribution >= 4 is 11.6 Å². The van der Waals surface area contributed by atoms with Crippen LogP contribution >= 0.6 is 11.6 Å². The van der Waals surface area contributed by atoms with Crippen LogP contribution < -0.4 is 0 Å². The van der Waals surface area contributed by atoms with E-state index in [0.29, 0.717) is 5.92 Å². The van der Waals surface area contributed by atoms with E-state index in [2.05, 4.69) is 6.92 Å². The van der Waals surface area contributed by atoms with Crippen LogP contribution in [0.2, 0.25) is 5.02 Å². The first-order valence-corrected chi connectivity index (χ1v) is 11.1. The van der Waals surface area contributed by atoms with E-state index in [9.17, 15) is 4.39 Å². The third-order valence-electron chi connectivity index (χ3n) is 6.85. The SMILES string of the molecule is CCOCCC[C@H]1CC[C@H]([C@H]2CC[C@H](c3ccc(Cl)c(F)c3)CC2)CC1. The molecule has 146 valence electrons.